The van der Waals surface area contributed by atoms with E-state index >= 15 is 0 Å². The number of anilines is 1. The number of esters is 1. The summed E-state index contributed by atoms with van der Waals surface area (Å²) in [5.74, 6) is -0.319. The average molecular weight is 322 g/mol. The van der Waals surface area contributed by atoms with Gasteiger partial charge >= 0.3 is 5.97 Å². The van der Waals surface area contributed by atoms with Gasteiger partial charge in [-0.05, 0) is 68.7 Å². The second kappa shape index (κ2) is 5.96. The quantitative estimate of drug-likeness (QED) is 0.490. The second-order valence-corrected chi connectivity index (χ2v) is 7.83. The molecule has 0 saturated heterocycles. The lowest BCUT2D eigenvalue weighted by Gasteiger charge is -2.19. The number of carbonyl (C=O) groups is 1. The van der Waals surface area contributed by atoms with E-state index in [0.29, 0.717) is 10.7 Å². The van der Waals surface area contributed by atoms with Crippen LogP contribution in [0.2, 0.25) is 5.02 Å². The van der Waals surface area contributed by atoms with Crippen molar-refractivity contribution in [2.24, 2.45) is 5.41 Å². The Kier molecular flexibility index (Phi) is 4.57. The number of hydrogen-bond acceptors (Lipinski definition) is 3. The van der Waals surface area contributed by atoms with Crippen molar-refractivity contribution < 1.29 is 9.53 Å². The fourth-order valence-electron chi connectivity index (χ4n) is 2.30. The molecule has 120 valence electrons. The summed E-state index contributed by atoms with van der Waals surface area (Å²) in [7, 11) is 0. The van der Waals surface area contributed by atoms with Crippen molar-refractivity contribution in [1.82, 2.24) is 0 Å². The third kappa shape index (κ3) is 4.77. The largest absolute Gasteiger partial charge is 0.457 e. The number of carbonyl (C=O) groups excluding carboxylic acids is 1. The Morgan fingerprint density at radius 3 is 2.55 bits per heavy atom. The van der Waals surface area contributed by atoms with Crippen LogP contribution >= 0.6 is 11.6 Å². The van der Waals surface area contributed by atoms with Crippen LogP contribution in [0.3, 0.4) is 0 Å². The van der Waals surface area contributed by atoms with Crippen molar-refractivity contribution in [3.05, 3.63) is 34.9 Å². The van der Waals surface area contributed by atoms with Crippen molar-refractivity contribution in [3.63, 3.8) is 0 Å². The number of benzene rings is 1. The van der Waals surface area contributed by atoms with E-state index in [4.69, 9.17) is 22.1 Å². The first-order valence-electron chi connectivity index (χ1n) is 7.57. The fourth-order valence-corrected chi connectivity index (χ4v) is 2.42. The molecule has 1 aliphatic rings. The summed E-state index contributed by atoms with van der Waals surface area (Å²) in [6.07, 6.45) is 4.80. The molecule has 1 aromatic carbocycles. The number of nitrogen functional groups attached to an aromatic ring is 1. The average Bonchev–Trinajstić information content (AvgIpc) is 3.07. The van der Waals surface area contributed by atoms with Gasteiger partial charge in [0.05, 0.1) is 10.7 Å². The Hall–Kier alpha value is -1.48. The summed E-state index contributed by atoms with van der Waals surface area (Å²) < 4.78 is 5.41. The summed E-state index contributed by atoms with van der Waals surface area (Å²) in [6.45, 7) is 7.82. The molecule has 1 fully saturated rings. The molecule has 0 radical (unpaired) electrons. The van der Waals surface area contributed by atoms with Crippen LogP contribution in [0, 0.1) is 5.41 Å². The van der Waals surface area contributed by atoms with Gasteiger partial charge in [-0.1, -0.05) is 24.6 Å². The molecule has 22 heavy (non-hydrogen) atoms. The number of hydrogen-bond donors (Lipinski definition) is 1. The maximum Gasteiger partial charge on any atom is 0.331 e. The van der Waals surface area contributed by atoms with Crippen LogP contribution in [0.5, 0.6) is 0 Å². The minimum absolute atomic E-state index is 0.280. The maximum atomic E-state index is 12.1. The molecule has 0 spiro atoms. The zero-order valence-corrected chi connectivity index (χ0v) is 14.5. The molecule has 0 unspecified atom stereocenters. The Bertz CT molecular complexity index is 610. The molecule has 0 heterocycles. The van der Waals surface area contributed by atoms with Crippen molar-refractivity contribution >= 4 is 28.8 Å². The van der Waals surface area contributed by atoms with Crippen LogP contribution in [0.25, 0.3) is 5.57 Å². The second-order valence-electron chi connectivity index (χ2n) is 7.43. The number of nitrogens with two attached hydrogens (primary N) is 1. The standard InChI is InChI=1S/C18H24ClNO2/c1-17(2,3)22-16(21)10-13(11-18(4)7-8-18)12-5-6-14(19)15(20)9-12/h5-6,9-10H,7-8,11,20H2,1-4H3/b13-10+. The van der Waals surface area contributed by atoms with E-state index in [9.17, 15) is 4.79 Å². The highest BCUT2D eigenvalue weighted by Gasteiger charge is 2.38. The van der Waals surface area contributed by atoms with Gasteiger partial charge < -0.3 is 10.5 Å². The first-order valence-corrected chi connectivity index (χ1v) is 7.95. The van der Waals surface area contributed by atoms with Gasteiger partial charge in [-0.15, -0.1) is 0 Å². The predicted molar refractivity (Wildman–Crippen MR) is 91.6 cm³/mol. The fraction of sp³-hybridized carbons (Fsp3) is 0.500. The van der Waals surface area contributed by atoms with Gasteiger partial charge in [0.15, 0.2) is 0 Å². The summed E-state index contributed by atoms with van der Waals surface area (Å²) in [5, 5.41) is 0.526. The maximum absolute atomic E-state index is 12.1. The van der Waals surface area contributed by atoms with Crippen LogP contribution in [-0.2, 0) is 9.53 Å². The lowest BCUT2D eigenvalue weighted by molar-refractivity contribution is -0.148. The van der Waals surface area contributed by atoms with E-state index in [1.54, 1.807) is 12.1 Å². The van der Waals surface area contributed by atoms with Crippen LogP contribution in [0.4, 0.5) is 5.69 Å². The van der Waals surface area contributed by atoms with Gasteiger partial charge in [0.25, 0.3) is 0 Å². The third-order valence-electron chi connectivity index (χ3n) is 3.79. The van der Waals surface area contributed by atoms with Crippen molar-refractivity contribution in [3.8, 4) is 0 Å². The Labute approximate surface area is 137 Å². The van der Waals surface area contributed by atoms with Gasteiger partial charge in [0, 0.05) is 6.08 Å². The summed E-state index contributed by atoms with van der Waals surface area (Å²) in [4.78, 5) is 12.1. The van der Waals surface area contributed by atoms with E-state index in [1.807, 2.05) is 32.9 Å². The molecule has 1 aromatic rings. The summed E-state index contributed by atoms with van der Waals surface area (Å²) in [6, 6.07) is 5.50. The Morgan fingerprint density at radius 1 is 1.41 bits per heavy atom. The smallest absolute Gasteiger partial charge is 0.331 e. The van der Waals surface area contributed by atoms with Crippen molar-refractivity contribution in [1.29, 1.82) is 0 Å². The molecule has 0 aliphatic heterocycles. The number of allylic oxidation sites excluding steroid dienone is 1. The predicted octanol–water partition coefficient (Wildman–Crippen LogP) is 4.84. The van der Waals surface area contributed by atoms with E-state index in [1.165, 1.54) is 12.8 Å². The van der Waals surface area contributed by atoms with E-state index < -0.39 is 5.60 Å². The van der Waals surface area contributed by atoms with E-state index in [0.717, 1.165) is 17.6 Å². The van der Waals surface area contributed by atoms with E-state index in [2.05, 4.69) is 6.92 Å². The van der Waals surface area contributed by atoms with Gasteiger partial charge in [-0.2, -0.15) is 0 Å². The molecule has 4 heteroatoms. The Balaban J connectivity index is 2.29. The molecule has 0 bridgehead atoms. The topological polar surface area (TPSA) is 52.3 Å². The molecular formula is C18H24ClNO2. The van der Waals surface area contributed by atoms with Crippen LogP contribution < -0.4 is 5.73 Å². The minimum Gasteiger partial charge on any atom is -0.457 e. The van der Waals surface area contributed by atoms with Gasteiger partial charge in [-0.25, -0.2) is 4.79 Å². The lowest BCUT2D eigenvalue weighted by Crippen LogP contribution is -2.22. The zero-order valence-electron chi connectivity index (χ0n) is 13.7. The summed E-state index contributed by atoms with van der Waals surface area (Å²) in [5.41, 5.74) is 8.09. The van der Waals surface area contributed by atoms with Crippen LogP contribution in [-0.4, -0.2) is 11.6 Å². The molecule has 0 atom stereocenters. The molecule has 0 aromatic heterocycles. The normalized spacial score (nSPS) is 17.2. The molecule has 1 aliphatic carbocycles. The molecule has 2 rings (SSSR count). The van der Waals surface area contributed by atoms with Gasteiger partial charge in [-0.3, -0.25) is 0 Å². The van der Waals surface area contributed by atoms with Gasteiger partial charge in [0.2, 0.25) is 0 Å². The molecule has 0 amide bonds. The highest BCUT2D eigenvalue weighted by Crippen LogP contribution is 2.51. The Morgan fingerprint density at radius 2 is 2.05 bits per heavy atom. The van der Waals surface area contributed by atoms with Gasteiger partial charge in [0.1, 0.15) is 5.60 Å². The number of halogens is 1. The molecule has 2 N–H and O–H groups in total. The number of ether oxygens (including phenoxy) is 1. The zero-order chi connectivity index (χ0) is 16.5. The summed E-state index contributed by atoms with van der Waals surface area (Å²) >= 11 is 5.99. The van der Waals surface area contributed by atoms with Crippen molar-refractivity contribution in [2.75, 3.05) is 5.73 Å². The third-order valence-corrected chi connectivity index (χ3v) is 4.13. The molecule has 1 saturated carbocycles. The lowest BCUT2D eigenvalue weighted by atomic mass is 9.92. The highest BCUT2D eigenvalue weighted by molar-refractivity contribution is 6.33. The van der Waals surface area contributed by atoms with Crippen LogP contribution in [0.1, 0.15) is 52.5 Å². The SMILES string of the molecule is CC1(C/C(=C\C(=O)OC(C)(C)C)c2ccc(Cl)c(N)c2)CC1. The first-order chi connectivity index (χ1) is 10.1. The monoisotopic (exact) mass is 321 g/mol. The van der Waals surface area contributed by atoms with Crippen LogP contribution in [0.15, 0.2) is 24.3 Å². The highest BCUT2D eigenvalue weighted by atomic mass is 35.5. The minimum atomic E-state index is -0.499. The van der Waals surface area contributed by atoms with E-state index in [-0.39, 0.29) is 11.4 Å². The molecular weight excluding hydrogens is 298 g/mol. The molecule has 3 nitrogen and oxygen atoms in total. The number of rotatable bonds is 4. The first kappa shape index (κ1) is 16.9. The van der Waals surface area contributed by atoms with Crippen molar-refractivity contribution in [2.45, 2.75) is 52.6 Å².